The number of aromatic nitrogens is 1. The number of hydrogen-bond donors (Lipinski definition) is 1. The lowest BCUT2D eigenvalue weighted by molar-refractivity contribution is 0.0671. The summed E-state index contributed by atoms with van der Waals surface area (Å²) in [5.74, 6) is -0.0115. The Morgan fingerprint density at radius 1 is 0.848 bits per heavy atom. The van der Waals surface area contributed by atoms with Crippen molar-refractivity contribution in [2.24, 2.45) is 0 Å². The summed E-state index contributed by atoms with van der Waals surface area (Å²) in [5.41, 5.74) is 5.69. The first-order valence-corrected chi connectivity index (χ1v) is 11.1. The molecule has 3 amide bonds. The second-order valence-corrected chi connectivity index (χ2v) is 8.34. The summed E-state index contributed by atoms with van der Waals surface area (Å²) in [6.45, 7) is 6.05. The van der Waals surface area contributed by atoms with Crippen LogP contribution in [0.25, 0.3) is 0 Å². The Balaban J connectivity index is 1.33. The van der Waals surface area contributed by atoms with Gasteiger partial charge >= 0.3 is 6.03 Å². The SMILES string of the molecule is Cc1ccc(NC(=O)N2CCN(C(=O)c3ccc(N(C)c4ccncc4)cc3)CC2)c(C)c1. The number of aryl methyl sites for hydroxylation is 2. The molecular weight excluding hydrogens is 414 g/mol. The molecule has 2 aromatic carbocycles. The number of pyridine rings is 1. The van der Waals surface area contributed by atoms with Crippen molar-refractivity contribution >= 4 is 29.0 Å². The van der Waals surface area contributed by atoms with Crippen LogP contribution in [0.4, 0.5) is 21.9 Å². The first kappa shape index (κ1) is 22.3. The van der Waals surface area contributed by atoms with Gasteiger partial charge in [0.2, 0.25) is 0 Å². The number of anilines is 3. The fourth-order valence-corrected chi connectivity index (χ4v) is 3.99. The number of nitrogens with zero attached hydrogens (tertiary/aromatic N) is 4. The number of piperazine rings is 1. The maximum atomic E-state index is 13.0. The highest BCUT2D eigenvalue weighted by atomic mass is 16.2. The van der Waals surface area contributed by atoms with E-state index < -0.39 is 0 Å². The summed E-state index contributed by atoms with van der Waals surface area (Å²) < 4.78 is 0. The smallest absolute Gasteiger partial charge is 0.321 e. The molecule has 0 aliphatic carbocycles. The van der Waals surface area contributed by atoms with Crippen molar-refractivity contribution in [3.63, 3.8) is 0 Å². The Morgan fingerprint density at radius 3 is 2.09 bits per heavy atom. The van der Waals surface area contributed by atoms with Gasteiger partial charge in [-0.05, 0) is 61.9 Å². The third kappa shape index (κ3) is 5.14. The lowest BCUT2D eigenvalue weighted by Crippen LogP contribution is -2.51. The van der Waals surface area contributed by atoms with Gasteiger partial charge in [0.25, 0.3) is 5.91 Å². The van der Waals surface area contributed by atoms with Crippen molar-refractivity contribution in [3.05, 3.63) is 83.7 Å². The molecule has 7 nitrogen and oxygen atoms in total. The van der Waals surface area contributed by atoms with Crippen LogP contribution in [0.3, 0.4) is 0 Å². The molecule has 1 saturated heterocycles. The zero-order valence-electron chi connectivity index (χ0n) is 19.3. The van der Waals surface area contributed by atoms with Crippen LogP contribution < -0.4 is 10.2 Å². The average molecular weight is 444 g/mol. The van der Waals surface area contributed by atoms with E-state index in [0.717, 1.165) is 28.2 Å². The van der Waals surface area contributed by atoms with Crippen LogP contribution in [0.5, 0.6) is 0 Å². The predicted molar refractivity (Wildman–Crippen MR) is 131 cm³/mol. The fourth-order valence-electron chi connectivity index (χ4n) is 3.99. The van der Waals surface area contributed by atoms with Gasteiger partial charge < -0.3 is 20.0 Å². The minimum Gasteiger partial charge on any atom is -0.345 e. The Morgan fingerprint density at radius 2 is 1.45 bits per heavy atom. The van der Waals surface area contributed by atoms with Gasteiger partial charge in [-0.3, -0.25) is 9.78 Å². The highest BCUT2D eigenvalue weighted by molar-refractivity contribution is 5.95. The van der Waals surface area contributed by atoms with E-state index in [-0.39, 0.29) is 11.9 Å². The maximum absolute atomic E-state index is 13.0. The number of rotatable bonds is 4. The van der Waals surface area contributed by atoms with Gasteiger partial charge in [-0.1, -0.05) is 17.7 Å². The molecule has 0 unspecified atom stereocenters. The summed E-state index contributed by atoms with van der Waals surface area (Å²) in [7, 11) is 1.98. The molecule has 0 atom stereocenters. The van der Waals surface area contributed by atoms with Crippen molar-refractivity contribution in [1.82, 2.24) is 14.8 Å². The number of amides is 3. The molecule has 4 rings (SSSR count). The lowest BCUT2D eigenvalue weighted by atomic mass is 10.1. The molecule has 0 spiro atoms. The van der Waals surface area contributed by atoms with Crippen LogP contribution in [0.15, 0.2) is 67.0 Å². The van der Waals surface area contributed by atoms with Gasteiger partial charge in [-0.25, -0.2) is 4.79 Å². The van der Waals surface area contributed by atoms with Crippen molar-refractivity contribution < 1.29 is 9.59 Å². The van der Waals surface area contributed by atoms with Gasteiger partial charge in [-0.2, -0.15) is 0 Å². The Hall–Kier alpha value is -3.87. The third-order valence-electron chi connectivity index (χ3n) is 6.03. The predicted octanol–water partition coefficient (Wildman–Crippen LogP) is 4.46. The van der Waals surface area contributed by atoms with Gasteiger partial charge in [-0.15, -0.1) is 0 Å². The quantitative estimate of drug-likeness (QED) is 0.647. The van der Waals surface area contributed by atoms with E-state index in [1.165, 1.54) is 0 Å². The zero-order chi connectivity index (χ0) is 23.4. The first-order chi connectivity index (χ1) is 15.9. The van der Waals surface area contributed by atoms with Gasteiger partial charge in [0.05, 0.1) is 0 Å². The van der Waals surface area contributed by atoms with Crippen molar-refractivity contribution in [1.29, 1.82) is 0 Å². The highest BCUT2D eigenvalue weighted by Gasteiger charge is 2.25. The fraction of sp³-hybridized carbons (Fsp3) is 0.269. The van der Waals surface area contributed by atoms with Crippen molar-refractivity contribution in [2.75, 3.05) is 43.4 Å². The van der Waals surface area contributed by atoms with Crippen LogP contribution in [-0.2, 0) is 0 Å². The zero-order valence-corrected chi connectivity index (χ0v) is 19.3. The lowest BCUT2D eigenvalue weighted by Gasteiger charge is -2.35. The number of urea groups is 1. The number of hydrogen-bond acceptors (Lipinski definition) is 4. The van der Waals surface area contributed by atoms with Gasteiger partial charge in [0.1, 0.15) is 0 Å². The summed E-state index contributed by atoms with van der Waals surface area (Å²) in [4.78, 5) is 35.3. The molecular formula is C26H29N5O2. The van der Waals surface area contributed by atoms with E-state index in [1.807, 2.05) is 85.3 Å². The molecule has 0 bridgehead atoms. The van der Waals surface area contributed by atoms with Gasteiger partial charge in [0.15, 0.2) is 0 Å². The largest absolute Gasteiger partial charge is 0.345 e. The van der Waals surface area contributed by atoms with E-state index >= 15 is 0 Å². The first-order valence-electron chi connectivity index (χ1n) is 11.1. The van der Waals surface area contributed by atoms with Crippen LogP contribution in [0.1, 0.15) is 21.5 Å². The topological polar surface area (TPSA) is 68.8 Å². The Labute approximate surface area is 194 Å². The minimum atomic E-state index is -0.127. The van der Waals surface area contributed by atoms with Crippen LogP contribution in [-0.4, -0.2) is 59.9 Å². The summed E-state index contributed by atoms with van der Waals surface area (Å²) in [6, 6.07) is 17.3. The van der Waals surface area contributed by atoms with E-state index in [1.54, 1.807) is 17.3 Å². The van der Waals surface area contributed by atoms with E-state index in [2.05, 4.69) is 10.3 Å². The molecule has 1 aliphatic rings. The molecule has 2 heterocycles. The number of carbonyl (C=O) groups is 2. The molecule has 33 heavy (non-hydrogen) atoms. The number of nitrogens with one attached hydrogen (secondary N) is 1. The van der Waals surface area contributed by atoms with Crippen LogP contribution in [0, 0.1) is 13.8 Å². The molecule has 170 valence electrons. The molecule has 3 aromatic rings. The molecule has 0 saturated carbocycles. The number of carbonyl (C=O) groups excluding carboxylic acids is 2. The third-order valence-corrected chi connectivity index (χ3v) is 6.03. The normalized spacial score (nSPS) is 13.5. The van der Waals surface area contributed by atoms with E-state index in [0.29, 0.717) is 31.7 Å². The summed E-state index contributed by atoms with van der Waals surface area (Å²) in [6.07, 6.45) is 3.51. The molecule has 7 heteroatoms. The second kappa shape index (κ2) is 9.73. The second-order valence-electron chi connectivity index (χ2n) is 8.34. The summed E-state index contributed by atoms with van der Waals surface area (Å²) >= 11 is 0. The van der Waals surface area contributed by atoms with Crippen molar-refractivity contribution in [3.8, 4) is 0 Å². The molecule has 1 aliphatic heterocycles. The average Bonchev–Trinajstić information content (AvgIpc) is 2.85. The van der Waals surface area contributed by atoms with E-state index in [9.17, 15) is 9.59 Å². The Kier molecular flexibility index (Phi) is 6.58. The monoisotopic (exact) mass is 443 g/mol. The molecule has 0 radical (unpaired) electrons. The maximum Gasteiger partial charge on any atom is 0.321 e. The summed E-state index contributed by atoms with van der Waals surface area (Å²) in [5, 5.41) is 2.99. The van der Waals surface area contributed by atoms with E-state index in [4.69, 9.17) is 0 Å². The van der Waals surface area contributed by atoms with Crippen LogP contribution >= 0.6 is 0 Å². The van der Waals surface area contributed by atoms with Crippen LogP contribution in [0.2, 0.25) is 0 Å². The van der Waals surface area contributed by atoms with Gasteiger partial charge in [0, 0.05) is 68.2 Å². The minimum absolute atomic E-state index is 0.0115. The Bertz CT molecular complexity index is 1120. The number of benzene rings is 2. The van der Waals surface area contributed by atoms with Crippen molar-refractivity contribution in [2.45, 2.75) is 13.8 Å². The molecule has 1 aromatic heterocycles. The molecule has 1 fully saturated rings. The standard InChI is InChI=1S/C26H29N5O2/c1-19-4-9-24(20(2)18-19)28-26(33)31-16-14-30(15-17-31)25(32)21-5-7-22(8-6-21)29(3)23-10-12-27-13-11-23/h4-13,18H,14-17H2,1-3H3,(H,28,33). The molecule has 1 N–H and O–H groups in total. The highest BCUT2D eigenvalue weighted by Crippen LogP contribution is 2.23.